The number of piperidine rings is 1. The average molecular weight is 310 g/mol. The number of thiocarbonyl (C=S) groups is 1. The first kappa shape index (κ1) is 15.7. The lowest BCUT2D eigenvalue weighted by Crippen LogP contribution is -2.42. The van der Waals surface area contributed by atoms with Crippen molar-refractivity contribution in [1.29, 1.82) is 0 Å². The van der Waals surface area contributed by atoms with Crippen LogP contribution in [0.25, 0.3) is 0 Å². The highest BCUT2D eigenvalue weighted by atomic mass is 32.1. The van der Waals surface area contributed by atoms with Gasteiger partial charge in [0.1, 0.15) is 5.82 Å². The van der Waals surface area contributed by atoms with Crippen LogP contribution >= 0.6 is 12.2 Å². The molecule has 1 heterocycles. The number of methoxy groups -OCH3 is 1. The predicted octanol–water partition coefficient (Wildman–Crippen LogP) is 2.72. The minimum absolute atomic E-state index is 0.0501. The third-order valence-electron chi connectivity index (χ3n) is 3.74. The van der Waals surface area contributed by atoms with Crippen LogP contribution in [0.3, 0.4) is 0 Å². The molecule has 4 nitrogen and oxygen atoms in total. The van der Waals surface area contributed by atoms with Crippen LogP contribution in [0.5, 0.6) is 0 Å². The zero-order valence-electron chi connectivity index (χ0n) is 12.2. The highest BCUT2D eigenvalue weighted by Gasteiger charge is 2.26. The molecule has 114 valence electrons. The Hall–Kier alpha value is -1.69. The summed E-state index contributed by atoms with van der Waals surface area (Å²) in [5.74, 6) is -0.466. The second-order valence-corrected chi connectivity index (χ2v) is 5.57. The van der Waals surface area contributed by atoms with Crippen molar-refractivity contribution in [3.8, 4) is 0 Å². The molecular weight excluding hydrogens is 291 g/mol. The van der Waals surface area contributed by atoms with E-state index in [4.69, 9.17) is 17.0 Å². The molecule has 0 atom stereocenters. The van der Waals surface area contributed by atoms with Crippen LogP contribution < -0.4 is 5.32 Å². The van der Waals surface area contributed by atoms with Gasteiger partial charge in [0, 0.05) is 18.8 Å². The topological polar surface area (TPSA) is 41.6 Å². The molecule has 1 aliphatic heterocycles. The van der Waals surface area contributed by atoms with Gasteiger partial charge in [-0.05, 0) is 49.7 Å². The van der Waals surface area contributed by atoms with Crippen LogP contribution in [0.4, 0.5) is 10.1 Å². The summed E-state index contributed by atoms with van der Waals surface area (Å²) >= 11 is 5.34. The molecule has 21 heavy (non-hydrogen) atoms. The first-order chi connectivity index (χ1) is 10.0. The van der Waals surface area contributed by atoms with Crippen molar-refractivity contribution < 1.29 is 13.9 Å². The first-order valence-electron chi connectivity index (χ1n) is 6.91. The van der Waals surface area contributed by atoms with Crippen molar-refractivity contribution in [2.75, 3.05) is 25.5 Å². The third kappa shape index (κ3) is 3.91. The summed E-state index contributed by atoms with van der Waals surface area (Å²) < 4.78 is 18.3. The number of likely N-dealkylation sites (tertiary alicyclic amines) is 1. The van der Waals surface area contributed by atoms with Crippen LogP contribution in [0.2, 0.25) is 0 Å². The minimum atomic E-state index is -0.257. The lowest BCUT2D eigenvalue weighted by Gasteiger charge is -2.32. The summed E-state index contributed by atoms with van der Waals surface area (Å²) in [5, 5.41) is 3.60. The summed E-state index contributed by atoms with van der Waals surface area (Å²) in [6.45, 7) is 3.11. The molecule has 1 saturated heterocycles. The Morgan fingerprint density at radius 1 is 1.43 bits per heavy atom. The van der Waals surface area contributed by atoms with E-state index in [1.54, 1.807) is 19.1 Å². The second kappa shape index (κ2) is 6.85. The highest BCUT2D eigenvalue weighted by molar-refractivity contribution is 7.80. The number of anilines is 1. The number of ether oxygens (including phenoxy) is 1. The van der Waals surface area contributed by atoms with Gasteiger partial charge in [-0.15, -0.1) is 0 Å². The lowest BCUT2D eigenvalue weighted by atomic mass is 9.97. The molecule has 2 rings (SSSR count). The van der Waals surface area contributed by atoms with Gasteiger partial charge in [-0.3, -0.25) is 4.79 Å². The van der Waals surface area contributed by atoms with Crippen LogP contribution in [0.1, 0.15) is 18.4 Å². The van der Waals surface area contributed by atoms with Crippen LogP contribution in [0, 0.1) is 18.7 Å². The molecule has 1 fully saturated rings. The molecule has 0 radical (unpaired) electrons. The maximum absolute atomic E-state index is 13.5. The number of rotatable bonds is 2. The van der Waals surface area contributed by atoms with Crippen molar-refractivity contribution in [2.24, 2.45) is 5.92 Å². The van der Waals surface area contributed by atoms with E-state index in [2.05, 4.69) is 5.32 Å². The molecular formula is C15H19FN2O2S. The normalized spacial score (nSPS) is 15.7. The summed E-state index contributed by atoms with van der Waals surface area (Å²) in [5.41, 5.74) is 1.24. The minimum Gasteiger partial charge on any atom is -0.469 e. The maximum Gasteiger partial charge on any atom is 0.308 e. The molecule has 0 saturated carbocycles. The van der Waals surface area contributed by atoms with E-state index >= 15 is 0 Å². The quantitative estimate of drug-likeness (QED) is 0.672. The number of nitrogens with one attached hydrogen (secondary N) is 1. The van der Waals surface area contributed by atoms with E-state index < -0.39 is 0 Å². The van der Waals surface area contributed by atoms with Gasteiger partial charge in [0.05, 0.1) is 13.0 Å². The summed E-state index contributed by atoms with van der Waals surface area (Å²) in [7, 11) is 1.41. The number of nitrogens with zero attached hydrogens (tertiary/aromatic N) is 1. The molecule has 1 aliphatic rings. The van der Waals surface area contributed by atoms with E-state index in [9.17, 15) is 9.18 Å². The lowest BCUT2D eigenvalue weighted by molar-refractivity contribution is -0.146. The Morgan fingerprint density at radius 2 is 2.10 bits per heavy atom. The molecule has 6 heteroatoms. The number of halogens is 1. The van der Waals surface area contributed by atoms with Gasteiger partial charge in [-0.25, -0.2) is 4.39 Å². The Labute approximate surface area is 129 Å². The van der Waals surface area contributed by atoms with Gasteiger partial charge in [-0.1, -0.05) is 6.07 Å². The molecule has 0 aliphatic carbocycles. The van der Waals surface area contributed by atoms with Crippen LogP contribution in [0.15, 0.2) is 18.2 Å². The van der Waals surface area contributed by atoms with Gasteiger partial charge in [0.15, 0.2) is 5.11 Å². The fourth-order valence-corrected chi connectivity index (χ4v) is 2.66. The first-order valence-corrected chi connectivity index (χ1v) is 7.32. The highest BCUT2D eigenvalue weighted by Crippen LogP contribution is 2.20. The fourth-order valence-electron chi connectivity index (χ4n) is 2.36. The number of carbonyl (C=O) groups is 1. The molecule has 0 amide bonds. The molecule has 0 unspecified atom stereocenters. The van der Waals surface area contributed by atoms with Crippen molar-refractivity contribution in [3.63, 3.8) is 0 Å². The van der Waals surface area contributed by atoms with Gasteiger partial charge in [0.2, 0.25) is 0 Å². The van der Waals surface area contributed by atoms with Gasteiger partial charge >= 0.3 is 5.97 Å². The van der Waals surface area contributed by atoms with Crippen molar-refractivity contribution in [1.82, 2.24) is 4.90 Å². The largest absolute Gasteiger partial charge is 0.469 e. The molecule has 1 aromatic rings. The van der Waals surface area contributed by atoms with E-state index in [1.807, 2.05) is 4.90 Å². The zero-order chi connectivity index (χ0) is 15.4. The molecule has 0 bridgehead atoms. The van der Waals surface area contributed by atoms with Crippen LogP contribution in [-0.2, 0) is 9.53 Å². The zero-order valence-corrected chi connectivity index (χ0v) is 13.0. The van der Waals surface area contributed by atoms with Gasteiger partial charge < -0.3 is 15.0 Å². The van der Waals surface area contributed by atoms with Gasteiger partial charge in [0.25, 0.3) is 0 Å². The maximum atomic E-state index is 13.5. The predicted molar refractivity (Wildman–Crippen MR) is 83.7 cm³/mol. The van der Waals surface area contributed by atoms with Crippen molar-refractivity contribution in [2.45, 2.75) is 19.8 Å². The summed E-state index contributed by atoms with van der Waals surface area (Å²) in [6, 6.07) is 4.94. The molecule has 0 aromatic heterocycles. The van der Waals surface area contributed by atoms with Crippen molar-refractivity contribution in [3.05, 3.63) is 29.6 Å². The molecule has 1 N–H and O–H groups in total. The van der Waals surface area contributed by atoms with Crippen LogP contribution in [-0.4, -0.2) is 36.2 Å². The van der Waals surface area contributed by atoms with Gasteiger partial charge in [-0.2, -0.15) is 0 Å². The second-order valence-electron chi connectivity index (χ2n) is 5.18. The number of aryl methyl sites for hydroxylation is 1. The number of carbonyl (C=O) groups excluding carboxylic acids is 1. The SMILES string of the molecule is COC(=O)C1CCN(C(=S)Nc2ccc(C)c(F)c2)CC1. The number of hydrogen-bond donors (Lipinski definition) is 1. The Morgan fingerprint density at radius 3 is 2.67 bits per heavy atom. The van der Waals surface area contributed by atoms with E-state index in [1.165, 1.54) is 13.2 Å². The van der Waals surface area contributed by atoms with E-state index in [0.717, 1.165) is 12.8 Å². The number of esters is 1. The Bertz CT molecular complexity index is 542. The number of hydrogen-bond acceptors (Lipinski definition) is 3. The Balaban J connectivity index is 1.90. The molecule has 1 aromatic carbocycles. The van der Waals surface area contributed by atoms with E-state index in [-0.39, 0.29) is 17.7 Å². The monoisotopic (exact) mass is 310 g/mol. The standard InChI is InChI=1S/C15H19FN2O2S/c1-10-3-4-12(9-13(10)16)17-15(21)18-7-5-11(6-8-18)14(19)20-2/h3-4,9,11H,5-8H2,1-2H3,(H,17,21). The van der Waals surface area contributed by atoms with Crippen molar-refractivity contribution >= 4 is 29.0 Å². The average Bonchev–Trinajstić information content (AvgIpc) is 2.50. The fraction of sp³-hybridized carbons (Fsp3) is 0.467. The number of benzene rings is 1. The van der Waals surface area contributed by atoms with E-state index in [0.29, 0.717) is 29.5 Å². The smallest absolute Gasteiger partial charge is 0.308 e. The molecule has 0 spiro atoms. The summed E-state index contributed by atoms with van der Waals surface area (Å²) in [4.78, 5) is 13.5. The Kier molecular flexibility index (Phi) is 5.12. The third-order valence-corrected chi connectivity index (χ3v) is 4.10. The summed E-state index contributed by atoms with van der Waals surface area (Å²) in [6.07, 6.45) is 1.44.